The first-order valence-corrected chi connectivity index (χ1v) is 13.8. The molecular formula is C33H28N2O6. The van der Waals surface area contributed by atoms with Crippen LogP contribution in [0.15, 0.2) is 48.5 Å². The third kappa shape index (κ3) is 3.41. The molecule has 2 aliphatic heterocycles. The first-order valence-electron chi connectivity index (χ1n) is 13.8. The van der Waals surface area contributed by atoms with E-state index in [0.717, 1.165) is 37.2 Å². The molecule has 2 heterocycles. The Bertz CT molecular complexity index is 1860. The van der Waals surface area contributed by atoms with Gasteiger partial charge in [0.05, 0.1) is 25.4 Å². The number of carbonyl (C=O) groups is 4. The molecule has 0 N–H and O–H groups in total. The van der Waals surface area contributed by atoms with Crippen LogP contribution in [-0.2, 0) is 9.47 Å². The number of benzene rings is 5. The molecule has 0 aliphatic carbocycles. The average Bonchev–Trinajstić information content (AvgIpc) is 2.98. The number of rotatable bonds is 7. The molecule has 7 rings (SSSR count). The Kier molecular flexibility index (Phi) is 5.65. The van der Waals surface area contributed by atoms with Crippen LogP contribution in [-0.4, -0.2) is 72.4 Å². The minimum Gasteiger partial charge on any atom is -0.379 e. The molecule has 8 nitrogen and oxygen atoms in total. The standard InChI is InChI=1S/C33H28N2O6/c1-5-40-15-17(3)41-14-16(2)35-32(38)24-12-8-20-18-6-10-22-28-23(31(37)34(4)30(22)36)11-7-19(26(18)28)21-9-13-25(33(35)39)29(24)27(20)21/h6-13,16-17H,5,14-15H2,1-4H3. The van der Waals surface area contributed by atoms with E-state index in [1.165, 1.54) is 11.9 Å². The van der Waals surface area contributed by atoms with Crippen molar-refractivity contribution in [1.29, 1.82) is 0 Å². The lowest BCUT2D eigenvalue weighted by molar-refractivity contribution is -0.0205. The van der Waals surface area contributed by atoms with Crippen molar-refractivity contribution < 1.29 is 28.7 Å². The zero-order valence-corrected chi connectivity index (χ0v) is 23.2. The quantitative estimate of drug-likeness (QED) is 0.154. The Morgan fingerprint density at radius 2 is 1.02 bits per heavy atom. The van der Waals surface area contributed by atoms with Crippen molar-refractivity contribution in [2.75, 3.05) is 26.9 Å². The second-order valence-corrected chi connectivity index (χ2v) is 10.9. The van der Waals surface area contributed by atoms with Crippen molar-refractivity contribution in [1.82, 2.24) is 9.80 Å². The van der Waals surface area contributed by atoms with Crippen molar-refractivity contribution in [3.05, 3.63) is 70.8 Å². The molecule has 0 aromatic heterocycles. The Morgan fingerprint density at radius 3 is 1.44 bits per heavy atom. The number of hydrogen-bond donors (Lipinski definition) is 0. The third-order valence-corrected chi connectivity index (χ3v) is 8.49. The Balaban J connectivity index is 1.41. The van der Waals surface area contributed by atoms with Gasteiger partial charge in [0.15, 0.2) is 0 Å². The van der Waals surface area contributed by atoms with E-state index < -0.39 is 6.04 Å². The lowest BCUT2D eigenvalue weighted by atomic mass is 9.82. The molecule has 2 unspecified atom stereocenters. The highest BCUT2D eigenvalue weighted by atomic mass is 16.5. The molecule has 206 valence electrons. The van der Waals surface area contributed by atoms with Gasteiger partial charge >= 0.3 is 0 Å². The smallest absolute Gasteiger partial charge is 0.261 e. The van der Waals surface area contributed by atoms with Crippen molar-refractivity contribution in [3.63, 3.8) is 0 Å². The number of carbonyl (C=O) groups excluding carboxylic acids is 4. The summed E-state index contributed by atoms with van der Waals surface area (Å²) in [7, 11) is 1.50. The fraction of sp³-hybridized carbons (Fsp3) is 0.273. The van der Waals surface area contributed by atoms with Crippen molar-refractivity contribution in [2.24, 2.45) is 0 Å². The molecule has 4 amide bonds. The van der Waals surface area contributed by atoms with Crippen LogP contribution in [0.4, 0.5) is 0 Å². The van der Waals surface area contributed by atoms with Gasteiger partial charge in [0.2, 0.25) is 0 Å². The molecule has 8 heteroatoms. The van der Waals surface area contributed by atoms with E-state index in [-0.39, 0.29) is 36.3 Å². The van der Waals surface area contributed by atoms with Gasteiger partial charge in [0.1, 0.15) is 0 Å². The fourth-order valence-electron chi connectivity index (χ4n) is 6.52. The summed E-state index contributed by atoms with van der Waals surface area (Å²) in [5.74, 6) is -1.36. The number of imide groups is 2. The minimum absolute atomic E-state index is 0.166. The number of nitrogens with zero attached hydrogens (tertiary/aromatic N) is 2. The highest BCUT2D eigenvalue weighted by Crippen LogP contribution is 2.46. The summed E-state index contributed by atoms with van der Waals surface area (Å²) in [6.07, 6.45) is -0.166. The van der Waals surface area contributed by atoms with E-state index in [0.29, 0.717) is 46.2 Å². The summed E-state index contributed by atoms with van der Waals surface area (Å²) in [5.41, 5.74) is 1.92. The van der Waals surface area contributed by atoms with Crippen LogP contribution < -0.4 is 0 Å². The van der Waals surface area contributed by atoms with Gasteiger partial charge in [0, 0.05) is 46.7 Å². The van der Waals surface area contributed by atoms with Gasteiger partial charge in [0.25, 0.3) is 23.6 Å². The van der Waals surface area contributed by atoms with Gasteiger partial charge in [-0.3, -0.25) is 29.0 Å². The van der Waals surface area contributed by atoms with E-state index in [9.17, 15) is 19.2 Å². The van der Waals surface area contributed by atoms with Crippen molar-refractivity contribution in [3.8, 4) is 0 Å². The van der Waals surface area contributed by atoms with Crippen LogP contribution in [0.25, 0.3) is 43.1 Å². The van der Waals surface area contributed by atoms with E-state index >= 15 is 0 Å². The Morgan fingerprint density at radius 1 is 0.610 bits per heavy atom. The zero-order valence-electron chi connectivity index (χ0n) is 23.2. The number of hydrogen-bond acceptors (Lipinski definition) is 6. The highest BCUT2D eigenvalue weighted by Gasteiger charge is 2.38. The van der Waals surface area contributed by atoms with Crippen molar-refractivity contribution >= 4 is 66.7 Å². The van der Waals surface area contributed by atoms with Gasteiger partial charge < -0.3 is 9.47 Å². The zero-order chi connectivity index (χ0) is 28.7. The normalized spacial score (nSPS) is 16.7. The Labute approximate surface area is 235 Å². The lowest BCUT2D eigenvalue weighted by Crippen LogP contribution is -2.48. The van der Waals surface area contributed by atoms with E-state index in [1.54, 1.807) is 24.3 Å². The van der Waals surface area contributed by atoms with Crippen LogP contribution in [0.3, 0.4) is 0 Å². The third-order valence-electron chi connectivity index (χ3n) is 8.49. The van der Waals surface area contributed by atoms with Gasteiger partial charge in [-0.2, -0.15) is 0 Å². The summed E-state index contributed by atoms with van der Waals surface area (Å²) < 4.78 is 11.3. The summed E-state index contributed by atoms with van der Waals surface area (Å²) in [6, 6.07) is 14.3. The van der Waals surface area contributed by atoms with Gasteiger partial charge in [-0.15, -0.1) is 0 Å². The van der Waals surface area contributed by atoms with Crippen LogP contribution in [0.2, 0.25) is 0 Å². The predicted octanol–water partition coefficient (Wildman–Crippen LogP) is 5.39. The minimum atomic E-state index is -0.473. The Hall–Kier alpha value is -4.40. The van der Waals surface area contributed by atoms with E-state index in [4.69, 9.17) is 9.47 Å². The summed E-state index contributed by atoms with van der Waals surface area (Å²) in [6.45, 7) is 6.86. The number of fused-ring (bicyclic) bond motifs is 2. The predicted molar refractivity (Wildman–Crippen MR) is 156 cm³/mol. The molecule has 2 atom stereocenters. The molecule has 5 aromatic rings. The van der Waals surface area contributed by atoms with E-state index in [1.807, 2.05) is 45.0 Å². The number of amides is 4. The summed E-state index contributed by atoms with van der Waals surface area (Å²) >= 11 is 0. The fourth-order valence-corrected chi connectivity index (χ4v) is 6.52. The topological polar surface area (TPSA) is 93.2 Å². The summed E-state index contributed by atoms with van der Waals surface area (Å²) in [4.78, 5) is 56.1. The molecule has 0 fully saturated rings. The molecule has 0 spiro atoms. The molecule has 0 bridgehead atoms. The average molecular weight is 549 g/mol. The maximum Gasteiger partial charge on any atom is 0.261 e. The van der Waals surface area contributed by atoms with Crippen LogP contribution >= 0.6 is 0 Å². The van der Waals surface area contributed by atoms with E-state index in [2.05, 4.69) is 0 Å². The van der Waals surface area contributed by atoms with Gasteiger partial charge in [-0.1, -0.05) is 24.3 Å². The maximum absolute atomic E-state index is 13.8. The van der Waals surface area contributed by atoms with Crippen LogP contribution in [0, 0.1) is 0 Å². The maximum atomic E-state index is 13.8. The molecular weight excluding hydrogens is 520 g/mol. The van der Waals surface area contributed by atoms with Gasteiger partial charge in [-0.25, -0.2) is 0 Å². The highest BCUT2D eigenvalue weighted by molar-refractivity contribution is 6.41. The second-order valence-electron chi connectivity index (χ2n) is 10.9. The first kappa shape index (κ1) is 25.6. The summed E-state index contributed by atoms with van der Waals surface area (Å²) in [5, 5.41) is 6.43. The first-order chi connectivity index (χ1) is 19.7. The van der Waals surface area contributed by atoms with Gasteiger partial charge in [-0.05, 0) is 77.4 Å². The molecule has 0 radical (unpaired) electrons. The SMILES string of the molecule is CCOCC(C)OCC(C)N1C(=O)c2ccc3c4ccc5c6c(ccc(c7ccc(c2c37)C1=O)c64)C(=O)N(C)C5=O. The van der Waals surface area contributed by atoms with Crippen molar-refractivity contribution in [2.45, 2.75) is 32.9 Å². The second kappa shape index (κ2) is 9.06. The monoisotopic (exact) mass is 548 g/mol. The molecule has 2 aliphatic rings. The van der Waals surface area contributed by atoms with Crippen LogP contribution in [0.5, 0.6) is 0 Å². The largest absolute Gasteiger partial charge is 0.379 e. The molecule has 0 saturated carbocycles. The lowest BCUT2D eigenvalue weighted by Gasteiger charge is -2.33. The number of ether oxygens (including phenoxy) is 2. The molecule has 41 heavy (non-hydrogen) atoms. The molecule has 5 aromatic carbocycles. The molecule has 0 saturated heterocycles. The van der Waals surface area contributed by atoms with Crippen LogP contribution in [0.1, 0.15) is 62.2 Å².